The highest BCUT2D eigenvalue weighted by Crippen LogP contribution is 2.26. The first-order chi connectivity index (χ1) is 6.24. The van der Waals surface area contributed by atoms with Crippen molar-refractivity contribution in [3.63, 3.8) is 0 Å². The molecule has 1 aliphatic rings. The van der Waals surface area contributed by atoms with E-state index < -0.39 is 18.7 Å². The van der Waals surface area contributed by atoms with Gasteiger partial charge in [-0.05, 0) is 6.42 Å². The summed E-state index contributed by atoms with van der Waals surface area (Å²) in [5.74, 6) is -0.270. The standard InChI is InChI=1S/C7H8FN3O2/c8-3-6-10-9-5-2-1-4(7(12)13)11(5)6/h4H,1-3H2,(H,12,13)/t4-/m1/s1. The maximum Gasteiger partial charge on any atom is 0.326 e. The number of hydrogen-bond acceptors (Lipinski definition) is 3. The van der Waals surface area contributed by atoms with E-state index in [4.69, 9.17) is 5.11 Å². The normalized spacial score (nSPS) is 20.2. The minimum Gasteiger partial charge on any atom is -0.480 e. The van der Waals surface area contributed by atoms with Crippen LogP contribution >= 0.6 is 0 Å². The van der Waals surface area contributed by atoms with E-state index in [1.165, 1.54) is 4.57 Å². The predicted molar refractivity (Wildman–Crippen MR) is 39.8 cm³/mol. The first-order valence-corrected chi connectivity index (χ1v) is 3.95. The number of nitrogens with zero attached hydrogens (tertiary/aromatic N) is 3. The molecule has 1 aromatic heterocycles. The number of carboxylic acid groups (broad SMARTS) is 1. The summed E-state index contributed by atoms with van der Waals surface area (Å²) in [5.41, 5.74) is 0. The summed E-state index contributed by atoms with van der Waals surface area (Å²) in [4.78, 5) is 10.7. The van der Waals surface area contributed by atoms with Gasteiger partial charge in [0.25, 0.3) is 0 Å². The Morgan fingerprint density at radius 3 is 3.08 bits per heavy atom. The van der Waals surface area contributed by atoms with Crippen LogP contribution in [0.15, 0.2) is 0 Å². The number of carbonyl (C=O) groups is 1. The average molecular weight is 185 g/mol. The van der Waals surface area contributed by atoms with Crippen LogP contribution in [-0.4, -0.2) is 25.8 Å². The number of aromatic nitrogens is 3. The maximum atomic E-state index is 12.3. The van der Waals surface area contributed by atoms with Gasteiger partial charge >= 0.3 is 5.97 Å². The Labute approximate surface area is 73.2 Å². The fourth-order valence-corrected chi connectivity index (χ4v) is 1.61. The van der Waals surface area contributed by atoms with Gasteiger partial charge in [0.15, 0.2) is 5.82 Å². The molecular weight excluding hydrogens is 177 g/mol. The Hall–Kier alpha value is -1.46. The first-order valence-electron chi connectivity index (χ1n) is 3.95. The van der Waals surface area contributed by atoms with Gasteiger partial charge in [0, 0.05) is 6.42 Å². The van der Waals surface area contributed by atoms with Crippen molar-refractivity contribution in [1.29, 1.82) is 0 Å². The first kappa shape index (κ1) is 8.15. The number of hydrogen-bond donors (Lipinski definition) is 1. The summed E-state index contributed by atoms with van der Waals surface area (Å²) >= 11 is 0. The zero-order chi connectivity index (χ0) is 9.42. The van der Waals surface area contributed by atoms with Crippen LogP contribution in [0.2, 0.25) is 0 Å². The summed E-state index contributed by atoms with van der Waals surface area (Å²) in [6.07, 6.45) is 1.04. The summed E-state index contributed by atoms with van der Waals surface area (Å²) in [7, 11) is 0. The summed E-state index contributed by atoms with van der Waals surface area (Å²) in [5, 5.41) is 16.1. The molecular formula is C7H8FN3O2. The van der Waals surface area contributed by atoms with Gasteiger partial charge in [0.05, 0.1) is 0 Å². The van der Waals surface area contributed by atoms with Gasteiger partial charge in [-0.3, -0.25) is 4.57 Å². The Kier molecular flexibility index (Phi) is 1.75. The van der Waals surface area contributed by atoms with Crippen LogP contribution in [0.3, 0.4) is 0 Å². The number of fused-ring (bicyclic) bond motifs is 1. The van der Waals surface area contributed by atoms with Gasteiger partial charge in [-0.25, -0.2) is 9.18 Å². The van der Waals surface area contributed by atoms with Crippen LogP contribution in [0.1, 0.15) is 24.1 Å². The zero-order valence-electron chi connectivity index (χ0n) is 6.77. The molecule has 2 heterocycles. The summed E-state index contributed by atoms with van der Waals surface area (Å²) in [6.45, 7) is -0.767. The highest BCUT2D eigenvalue weighted by atomic mass is 19.1. The summed E-state index contributed by atoms with van der Waals surface area (Å²) in [6, 6.07) is -0.684. The lowest BCUT2D eigenvalue weighted by atomic mass is 10.2. The predicted octanol–water partition coefficient (Wildman–Crippen LogP) is 0.320. The molecule has 5 nitrogen and oxygen atoms in total. The quantitative estimate of drug-likeness (QED) is 0.720. The van der Waals surface area contributed by atoms with Crippen molar-refractivity contribution in [2.45, 2.75) is 25.6 Å². The lowest BCUT2D eigenvalue weighted by Gasteiger charge is -2.07. The van der Waals surface area contributed by atoms with Crippen molar-refractivity contribution in [3.8, 4) is 0 Å². The van der Waals surface area contributed by atoms with Gasteiger partial charge in [0.2, 0.25) is 0 Å². The smallest absolute Gasteiger partial charge is 0.326 e. The van der Waals surface area contributed by atoms with Crippen LogP contribution in [0.4, 0.5) is 4.39 Å². The molecule has 1 aliphatic heterocycles. The molecule has 0 unspecified atom stereocenters. The van der Waals surface area contributed by atoms with Crippen molar-refractivity contribution < 1.29 is 14.3 Å². The van der Waals surface area contributed by atoms with Gasteiger partial charge in [0.1, 0.15) is 18.5 Å². The van der Waals surface area contributed by atoms with Gasteiger partial charge in [-0.2, -0.15) is 0 Å². The molecule has 70 valence electrons. The second-order valence-corrected chi connectivity index (χ2v) is 2.93. The van der Waals surface area contributed by atoms with Crippen molar-refractivity contribution >= 4 is 5.97 Å². The van der Waals surface area contributed by atoms with E-state index in [9.17, 15) is 9.18 Å². The van der Waals surface area contributed by atoms with Crippen LogP contribution in [0, 0.1) is 0 Å². The van der Waals surface area contributed by atoms with Crippen LogP contribution in [-0.2, 0) is 17.9 Å². The van der Waals surface area contributed by atoms with E-state index in [1.54, 1.807) is 0 Å². The molecule has 2 rings (SSSR count). The van der Waals surface area contributed by atoms with E-state index >= 15 is 0 Å². The largest absolute Gasteiger partial charge is 0.480 e. The van der Waals surface area contributed by atoms with Crippen LogP contribution in [0.5, 0.6) is 0 Å². The van der Waals surface area contributed by atoms with E-state index in [0.29, 0.717) is 18.7 Å². The molecule has 0 amide bonds. The number of carboxylic acids is 1. The minimum absolute atomic E-state index is 0.111. The molecule has 0 aliphatic carbocycles. The van der Waals surface area contributed by atoms with Gasteiger partial charge in [-0.15, -0.1) is 10.2 Å². The van der Waals surface area contributed by atoms with Gasteiger partial charge in [-0.1, -0.05) is 0 Å². The monoisotopic (exact) mass is 185 g/mol. The van der Waals surface area contributed by atoms with E-state index in [1.807, 2.05) is 0 Å². The second-order valence-electron chi connectivity index (χ2n) is 2.93. The fourth-order valence-electron chi connectivity index (χ4n) is 1.61. The number of halogens is 1. The second kappa shape index (κ2) is 2.79. The third-order valence-corrected chi connectivity index (χ3v) is 2.19. The topological polar surface area (TPSA) is 68.0 Å². The minimum atomic E-state index is -0.951. The summed E-state index contributed by atoms with van der Waals surface area (Å²) < 4.78 is 13.7. The number of rotatable bonds is 2. The Balaban J connectivity index is 2.43. The Morgan fingerprint density at radius 1 is 1.69 bits per heavy atom. The Bertz CT molecular complexity index is 350. The zero-order valence-corrected chi connectivity index (χ0v) is 6.77. The lowest BCUT2D eigenvalue weighted by molar-refractivity contribution is -0.140. The van der Waals surface area contributed by atoms with Crippen molar-refractivity contribution in [3.05, 3.63) is 11.6 Å². The number of aliphatic carboxylic acids is 1. The molecule has 0 aromatic carbocycles. The molecule has 0 radical (unpaired) electrons. The number of aryl methyl sites for hydroxylation is 1. The average Bonchev–Trinajstić information content (AvgIpc) is 2.61. The molecule has 0 fully saturated rings. The van der Waals surface area contributed by atoms with Crippen molar-refractivity contribution in [2.24, 2.45) is 0 Å². The van der Waals surface area contributed by atoms with Crippen LogP contribution < -0.4 is 0 Å². The lowest BCUT2D eigenvalue weighted by Crippen LogP contribution is -2.17. The third kappa shape index (κ3) is 1.09. The highest BCUT2D eigenvalue weighted by molar-refractivity contribution is 5.72. The molecule has 1 aromatic rings. The number of alkyl halides is 1. The van der Waals surface area contributed by atoms with Crippen molar-refractivity contribution in [2.75, 3.05) is 0 Å². The molecule has 0 saturated heterocycles. The molecule has 13 heavy (non-hydrogen) atoms. The third-order valence-electron chi connectivity index (χ3n) is 2.19. The molecule has 0 spiro atoms. The highest BCUT2D eigenvalue weighted by Gasteiger charge is 2.31. The maximum absolute atomic E-state index is 12.3. The molecule has 0 bridgehead atoms. The SMILES string of the molecule is O=C(O)[C@H]1CCc2nnc(CF)n21. The van der Waals surface area contributed by atoms with Gasteiger partial charge < -0.3 is 5.11 Å². The van der Waals surface area contributed by atoms with Crippen molar-refractivity contribution in [1.82, 2.24) is 14.8 Å². The molecule has 1 atom stereocenters. The molecule has 1 N–H and O–H groups in total. The molecule has 6 heteroatoms. The van der Waals surface area contributed by atoms with Crippen LogP contribution in [0.25, 0.3) is 0 Å². The van der Waals surface area contributed by atoms with E-state index in [0.717, 1.165) is 0 Å². The molecule has 0 saturated carbocycles. The fraction of sp³-hybridized carbons (Fsp3) is 0.571. The van der Waals surface area contributed by atoms with E-state index in [-0.39, 0.29) is 5.82 Å². The Morgan fingerprint density at radius 2 is 2.46 bits per heavy atom. The van der Waals surface area contributed by atoms with E-state index in [2.05, 4.69) is 10.2 Å².